The van der Waals surface area contributed by atoms with Gasteiger partial charge in [0.1, 0.15) is 11.8 Å². The van der Waals surface area contributed by atoms with Crippen LogP contribution in [-0.2, 0) is 16.0 Å². The number of carbonyl (C=O) groups excluding carboxylic acids is 2. The Bertz CT molecular complexity index is 954. The smallest absolute Gasteiger partial charge is 0.406 e. The summed E-state index contributed by atoms with van der Waals surface area (Å²) in [5.74, 6) is 0.297. The van der Waals surface area contributed by atoms with Crippen LogP contribution in [0.15, 0.2) is 24.3 Å². The third-order valence-electron chi connectivity index (χ3n) is 8.59. The molecule has 1 aromatic rings. The van der Waals surface area contributed by atoms with Gasteiger partial charge in [-0.05, 0) is 82.2 Å². The van der Waals surface area contributed by atoms with Crippen LogP contribution < -0.4 is 15.4 Å². The number of benzene rings is 1. The SMILES string of the molecule is CNC(C)C(=O)NC(C(=O)N1CCC2CCN(CCc3cccc(OC(F)(F)F)c3)CC21)C1CCCCC1. The molecule has 38 heavy (non-hydrogen) atoms. The molecule has 0 radical (unpaired) electrons. The Labute approximate surface area is 223 Å². The fourth-order valence-electron chi connectivity index (χ4n) is 6.30. The van der Waals surface area contributed by atoms with Crippen LogP contribution in [0.4, 0.5) is 13.2 Å². The molecule has 3 fully saturated rings. The average Bonchev–Trinajstić information content (AvgIpc) is 3.32. The molecule has 3 aliphatic rings. The van der Waals surface area contributed by atoms with E-state index in [9.17, 15) is 22.8 Å². The molecule has 4 unspecified atom stereocenters. The Morgan fingerprint density at radius 3 is 2.55 bits per heavy atom. The number of ether oxygens (including phenoxy) is 1. The first-order chi connectivity index (χ1) is 18.1. The van der Waals surface area contributed by atoms with Gasteiger partial charge in [-0.3, -0.25) is 9.59 Å². The minimum atomic E-state index is -4.71. The predicted octanol–water partition coefficient (Wildman–Crippen LogP) is 3.72. The lowest BCUT2D eigenvalue weighted by molar-refractivity contribution is -0.274. The summed E-state index contributed by atoms with van der Waals surface area (Å²) in [5.41, 5.74) is 0.784. The molecule has 2 aliphatic heterocycles. The molecule has 4 rings (SSSR count). The Morgan fingerprint density at radius 1 is 1.11 bits per heavy atom. The summed E-state index contributed by atoms with van der Waals surface area (Å²) in [5, 5.41) is 6.06. The fraction of sp³-hybridized carbons (Fsp3) is 0.714. The second-order valence-electron chi connectivity index (χ2n) is 11.1. The van der Waals surface area contributed by atoms with Gasteiger partial charge >= 0.3 is 6.36 Å². The molecule has 1 aliphatic carbocycles. The highest BCUT2D eigenvalue weighted by molar-refractivity contribution is 5.90. The first kappa shape index (κ1) is 28.7. The van der Waals surface area contributed by atoms with E-state index in [1.165, 1.54) is 18.6 Å². The Hall–Kier alpha value is -2.33. The minimum absolute atomic E-state index is 0.0416. The van der Waals surface area contributed by atoms with Gasteiger partial charge in [-0.15, -0.1) is 13.2 Å². The van der Waals surface area contributed by atoms with Gasteiger partial charge in [0, 0.05) is 25.7 Å². The van der Waals surface area contributed by atoms with Crippen molar-refractivity contribution in [1.82, 2.24) is 20.4 Å². The van der Waals surface area contributed by atoms with Crippen LogP contribution in [-0.4, -0.2) is 79.3 Å². The molecule has 0 spiro atoms. The monoisotopic (exact) mass is 538 g/mol. The summed E-state index contributed by atoms with van der Waals surface area (Å²) >= 11 is 0. The van der Waals surface area contributed by atoms with E-state index in [4.69, 9.17) is 0 Å². The van der Waals surface area contributed by atoms with E-state index in [1.807, 2.05) is 11.0 Å². The number of carbonyl (C=O) groups is 2. The molecule has 0 aromatic heterocycles. The topological polar surface area (TPSA) is 73.9 Å². The molecule has 7 nitrogen and oxygen atoms in total. The summed E-state index contributed by atoms with van der Waals surface area (Å²) < 4.78 is 41.8. The lowest BCUT2D eigenvalue weighted by Gasteiger charge is -2.41. The number of piperidine rings is 1. The maximum atomic E-state index is 14.0. The summed E-state index contributed by atoms with van der Waals surface area (Å²) in [6, 6.07) is 5.37. The number of hydrogen-bond acceptors (Lipinski definition) is 5. The third kappa shape index (κ3) is 7.40. The Morgan fingerprint density at radius 2 is 1.84 bits per heavy atom. The molecule has 212 valence electrons. The van der Waals surface area contributed by atoms with Gasteiger partial charge in [-0.1, -0.05) is 31.4 Å². The largest absolute Gasteiger partial charge is 0.573 e. The summed E-state index contributed by atoms with van der Waals surface area (Å²) in [4.78, 5) is 31.0. The van der Waals surface area contributed by atoms with Gasteiger partial charge in [0.05, 0.1) is 6.04 Å². The Kier molecular flexibility index (Phi) is 9.57. The van der Waals surface area contributed by atoms with Gasteiger partial charge < -0.3 is 25.2 Å². The van der Waals surface area contributed by atoms with E-state index in [-0.39, 0.29) is 35.6 Å². The van der Waals surface area contributed by atoms with Gasteiger partial charge in [0.15, 0.2) is 0 Å². The lowest BCUT2D eigenvalue weighted by Crippen LogP contribution is -2.58. The zero-order valence-corrected chi connectivity index (χ0v) is 22.4. The number of nitrogens with zero attached hydrogens (tertiary/aromatic N) is 2. The van der Waals surface area contributed by atoms with E-state index >= 15 is 0 Å². The van der Waals surface area contributed by atoms with Crippen LogP contribution >= 0.6 is 0 Å². The molecule has 4 atom stereocenters. The van der Waals surface area contributed by atoms with Crippen molar-refractivity contribution in [2.45, 2.75) is 82.8 Å². The number of nitrogens with one attached hydrogen (secondary N) is 2. The van der Waals surface area contributed by atoms with Crippen LogP contribution in [0.5, 0.6) is 5.75 Å². The second kappa shape index (κ2) is 12.7. The Balaban J connectivity index is 1.39. The maximum absolute atomic E-state index is 14.0. The molecule has 10 heteroatoms. The van der Waals surface area contributed by atoms with Crippen LogP contribution in [0, 0.1) is 11.8 Å². The maximum Gasteiger partial charge on any atom is 0.573 e. The summed E-state index contributed by atoms with van der Waals surface area (Å²) in [6.45, 7) is 4.86. The number of alkyl halides is 3. The number of likely N-dealkylation sites (N-methyl/N-ethyl adjacent to an activating group) is 1. The van der Waals surface area contributed by atoms with Crippen LogP contribution in [0.1, 0.15) is 57.4 Å². The zero-order chi connectivity index (χ0) is 27.3. The quantitative estimate of drug-likeness (QED) is 0.502. The molecular formula is C28H41F3N4O3. The van der Waals surface area contributed by atoms with Gasteiger partial charge in [0.2, 0.25) is 11.8 Å². The molecule has 0 bridgehead atoms. The van der Waals surface area contributed by atoms with Gasteiger partial charge in [0.25, 0.3) is 0 Å². The van der Waals surface area contributed by atoms with Gasteiger partial charge in [-0.25, -0.2) is 0 Å². The summed E-state index contributed by atoms with van der Waals surface area (Å²) in [6.07, 6.45) is 3.10. The number of amides is 2. The van der Waals surface area contributed by atoms with Crippen molar-refractivity contribution >= 4 is 11.8 Å². The van der Waals surface area contributed by atoms with Crippen molar-refractivity contribution in [2.75, 3.05) is 33.2 Å². The molecule has 2 heterocycles. The zero-order valence-electron chi connectivity index (χ0n) is 22.4. The number of halogens is 3. The van der Waals surface area contributed by atoms with Crippen molar-refractivity contribution in [3.8, 4) is 5.75 Å². The number of rotatable bonds is 9. The molecule has 2 saturated heterocycles. The van der Waals surface area contributed by atoms with Crippen molar-refractivity contribution in [1.29, 1.82) is 0 Å². The van der Waals surface area contributed by atoms with E-state index in [0.717, 1.165) is 57.2 Å². The fourth-order valence-corrected chi connectivity index (χ4v) is 6.30. The van der Waals surface area contributed by atoms with Crippen LogP contribution in [0.2, 0.25) is 0 Å². The molecule has 1 aromatic carbocycles. The molecular weight excluding hydrogens is 497 g/mol. The van der Waals surface area contributed by atoms with Crippen molar-refractivity contribution in [3.63, 3.8) is 0 Å². The highest BCUT2D eigenvalue weighted by Gasteiger charge is 2.44. The third-order valence-corrected chi connectivity index (χ3v) is 8.59. The van der Waals surface area contributed by atoms with Gasteiger partial charge in [-0.2, -0.15) is 0 Å². The second-order valence-corrected chi connectivity index (χ2v) is 11.1. The predicted molar refractivity (Wildman–Crippen MR) is 139 cm³/mol. The van der Waals surface area contributed by atoms with E-state index in [0.29, 0.717) is 25.4 Å². The minimum Gasteiger partial charge on any atom is -0.406 e. The normalized spacial score (nSPS) is 24.5. The van der Waals surface area contributed by atoms with Crippen LogP contribution in [0.3, 0.4) is 0 Å². The van der Waals surface area contributed by atoms with E-state index in [2.05, 4.69) is 20.3 Å². The van der Waals surface area contributed by atoms with Crippen LogP contribution in [0.25, 0.3) is 0 Å². The highest BCUT2D eigenvalue weighted by Crippen LogP contribution is 2.34. The molecule has 1 saturated carbocycles. The average molecular weight is 539 g/mol. The number of likely N-dealkylation sites (tertiary alicyclic amines) is 2. The van der Waals surface area contributed by atoms with Crippen molar-refractivity contribution in [3.05, 3.63) is 29.8 Å². The van der Waals surface area contributed by atoms with E-state index in [1.54, 1.807) is 20.0 Å². The number of hydrogen-bond donors (Lipinski definition) is 2. The standard InChI is InChI=1S/C28H41F3N4O3/c1-19(32-2)26(36)33-25(22-8-4-3-5-9-22)27(37)35-16-13-21-12-15-34(18-24(21)35)14-11-20-7-6-10-23(17-20)38-28(29,30)31/h6-7,10,17,19,21-22,24-25,32H,3-5,8-9,11-16,18H2,1-2H3,(H,33,36). The first-order valence-corrected chi connectivity index (χ1v) is 14.0. The summed E-state index contributed by atoms with van der Waals surface area (Å²) in [7, 11) is 1.74. The van der Waals surface area contributed by atoms with Crippen molar-refractivity contribution in [2.24, 2.45) is 11.8 Å². The molecule has 2 N–H and O–H groups in total. The number of fused-ring (bicyclic) bond motifs is 1. The highest BCUT2D eigenvalue weighted by atomic mass is 19.4. The lowest BCUT2D eigenvalue weighted by atomic mass is 9.83. The van der Waals surface area contributed by atoms with Crippen molar-refractivity contribution < 1.29 is 27.5 Å². The molecule has 2 amide bonds. The first-order valence-electron chi connectivity index (χ1n) is 14.0. The van der Waals surface area contributed by atoms with E-state index < -0.39 is 12.4 Å².